The quantitative estimate of drug-likeness (QED) is 0.431. The SMILES string of the molecule is CCn1c2ccc(N)c([N+](=O)[O-])c2c2cc([N+](=O)[O-])cc([N+](=O)[O-])c21. The maximum absolute atomic E-state index is 11.5. The smallest absolute Gasteiger partial charge is 0.302 e. The highest BCUT2D eigenvalue weighted by Crippen LogP contribution is 2.43. The minimum absolute atomic E-state index is 0.0497. The van der Waals surface area contributed by atoms with Gasteiger partial charge in [-0.3, -0.25) is 30.3 Å². The lowest BCUT2D eigenvalue weighted by Crippen LogP contribution is -1.99. The fourth-order valence-corrected chi connectivity index (χ4v) is 3.06. The zero-order valence-corrected chi connectivity index (χ0v) is 12.8. The van der Waals surface area contributed by atoms with Crippen molar-refractivity contribution in [3.8, 4) is 0 Å². The highest BCUT2D eigenvalue weighted by atomic mass is 16.6. The van der Waals surface area contributed by atoms with Crippen LogP contribution in [0.25, 0.3) is 21.8 Å². The number of anilines is 1. The monoisotopic (exact) mass is 345 g/mol. The molecule has 0 spiro atoms. The predicted molar refractivity (Wildman–Crippen MR) is 89.5 cm³/mol. The molecule has 2 N–H and O–H groups in total. The lowest BCUT2D eigenvalue weighted by molar-refractivity contribution is -0.393. The normalized spacial score (nSPS) is 11.1. The number of nitrogen functional groups attached to an aromatic ring is 1. The van der Waals surface area contributed by atoms with E-state index in [1.807, 2.05) is 0 Å². The maximum atomic E-state index is 11.5. The highest BCUT2D eigenvalue weighted by Gasteiger charge is 2.29. The molecule has 3 rings (SSSR count). The van der Waals surface area contributed by atoms with Crippen molar-refractivity contribution in [2.75, 3.05) is 5.73 Å². The molecule has 1 heterocycles. The van der Waals surface area contributed by atoms with Gasteiger partial charge in [-0.1, -0.05) is 0 Å². The fourth-order valence-electron chi connectivity index (χ4n) is 3.06. The first-order valence-corrected chi connectivity index (χ1v) is 7.09. The van der Waals surface area contributed by atoms with E-state index < -0.39 is 31.8 Å². The summed E-state index contributed by atoms with van der Waals surface area (Å²) >= 11 is 0. The average molecular weight is 345 g/mol. The Labute approximate surface area is 138 Å². The van der Waals surface area contributed by atoms with Crippen LogP contribution in [0.5, 0.6) is 0 Å². The molecule has 0 fully saturated rings. The van der Waals surface area contributed by atoms with Crippen LogP contribution in [0.15, 0.2) is 24.3 Å². The molecule has 0 saturated carbocycles. The number of nitro groups is 3. The van der Waals surface area contributed by atoms with Crippen molar-refractivity contribution in [2.45, 2.75) is 13.5 Å². The molecule has 1 aromatic heterocycles. The van der Waals surface area contributed by atoms with E-state index in [9.17, 15) is 30.3 Å². The molecular formula is C14H11N5O6. The van der Waals surface area contributed by atoms with E-state index in [0.717, 1.165) is 12.1 Å². The molecular weight excluding hydrogens is 334 g/mol. The zero-order valence-electron chi connectivity index (χ0n) is 12.8. The predicted octanol–water partition coefficient (Wildman–Crippen LogP) is 3.12. The third-order valence-corrected chi connectivity index (χ3v) is 4.00. The van der Waals surface area contributed by atoms with Crippen molar-refractivity contribution < 1.29 is 14.8 Å². The van der Waals surface area contributed by atoms with E-state index in [0.29, 0.717) is 5.52 Å². The van der Waals surface area contributed by atoms with Crippen molar-refractivity contribution in [3.05, 3.63) is 54.6 Å². The summed E-state index contributed by atoms with van der Waals surface area (Å²) in [6, 6.07) is 4.80. The van der Waals surface area contributed by atoms with Crippen LogP contribution in [0.1, 0.15) is 6.92 Å². The van der Waals surface area contributed by atoms with Crippen molar-refractivity contribution >= 4 is 44.6 Å². The van der Waals surface area contributed by atoms with Crippen LogP contribution >= 0.6 is 0 Å². The Morgan fingerprint density at radius 2 is 1.72 bits per heavy atom. The molecule has 0 aliphatic heterocycles. The Bertz CT molecular complexity index is 1090. The lowest BCUT2D eigenvalue weighted by atomic mass is 10.1. The van der Waals surface area contributed by atoms with E-state index in [2.05, 4.69) is 0 Å². The van der Waals surface area contributed by atoms with Gasteiger partial charge in [-0.15, -0.1) is 0 Å². The Morgan fingerprint density at radius 3 is 2.24 bits per heavy atom. The van der Waals surface area contributed by atoms with Gasteiger partial charge in [0.1, 0.15) is 11.2 Å². The molecule has 0 atom stereocenters. The molecule has 0 saturated heterocycles. The summed E-state index contributed by atoms with van der Waals surface area (Å²) in [5.74, 6) is 0. The topological polar surface area (TPSA) is 160 Å². The standard InChI is InChI=1S/C14H11N5O6/c1-2-16-10-4-3-9(15)14(19(24)25)12(10)8-5-7(17(20)21)6-11(13(8)16)18(22)23/h3-6H,2,15H2,1H3. The van der Waals surface area contributed by atoms with Gasteiger partial charge in [0.05, 0.1) is 31.7 Å². The molecule has 0 unspecified atom stereocenters. The summed E-state index contributed by atoms with van der Waals surface area (Å²) in [5, 5.41) is 34.1. The molecule has 25 heavy (non-hydrogen) atoms. The van der Waals surface area contributed by atoms with Crippen LogP contribution in [0, 0.1) is 30.3 Å². The first-order valence-electron chi connectivity index (χ1n) is 7.09. The van der Waals surface area contributed by atoms with Gasteiger partial charge in [0.15, 0.2) is 0 Å². The number of nitro benzene ring substituents is 3. The number of nitrogens with two attached hydrogens (primary N) is 1. The largest absolute Gasteiger partial charge is 0.393 e. The summed E-state index contributed by atoms with van der Waals surface area (Å²) in [6.45, 7) is 1.99. The van der Waals surface area contributed by atoms with E-state index in [4.69, 9.17) is 5.73 Å². The minimum Gasteiger partial charge on any atom is -0.393 e. The van der Waals surface area contributed by atoms with Crippen LogP contribution in [-0.4, -0.2) is 19.3 Å². The van der Waals surface area contributed by atoms with Gasteiger partial charge in [0.25, 0.3) is 11.4 Å². The molecule has 0 amide bonds. The van der Waals surface area contributed by atoms with Gasteiger partial charge < -0.3 is 10.3 Å². The van der Waals surface area contributed by atoms with E-state index >= 15 is 0 Å². The number of nitrogens with zero attached hydrogens (tertiary/aromatic N) is 4. The van der Waals surface area contributed by atoms with E-state index in [1.54, 1.807) is 6.92 Å². The summed E-state index contributed by atoms with van der Waals surface area (Å²) in [7, 11) is 0. The Morgan fingerprint density at radius 1 is 1.04 bits per heavy atom. The third-order valence-electron chi connectivity index (χ3n) is 4.00. The van der Waals surface area contributed by atoms with Crippen LogP contribution in [-0.2, 0) is 6.54 Å². The van der Waals surface area contributed by atoms with Gasteiger partial charge in [0.2, 0.25) is 0 Å². The summed E-state index contributed by atoms with van der Waals surface area (Å²) in [4.78, 5) is 31.8. The fraction of sp³-hybridized carbons (Fsp3) is 0.143. The highest BCUT2D eigenvalue weighted by molar-refractivity contribution is 6.17. The third kappa shape index (κ3) is 2.21. The number of rotatable bonds is 4. The van der Waals surface area contributed by atoms with Gasteiger partial charge in [-0.05, 0) is 19.1 Å². The van der Waals surface area contributed by atoms with Gasteiger partial charge in [-0.2, -0.15) is 0 Å². The van der Waals surface area contributed by atoms with Gasteiger partial charge >= 0.3 is 5.69 Å². The maximum Gasteiger partial charge on any atom is 0.302 e. The second kappa shape index (κ2) is 5.40. The number of benzene rings is 2. The average Bonchev–Trinajstić information content (AvgIpc) is 2.86. The van der Waals surface area contributed by atoms with Crippen molar-refractivity contribution in [1.82, 2.24) is 4.57 Å². The Hall–Kier alpha value is -3.76. The van der Waals surface area contributed by atoms with Crippen LogP contribution in [0.4, 0.5) is 22.7 Å². The molecule has 0 aliphatic carbocycles. The van der Waals surface area contributed by atoms with Crippen molar-refractivity contribution in [3.63, 3.8) is 0 Å². The number of fused-ring (bicyclic) bond motifs is 3. The second-order valence-electron chi connectivity index (χ2n) is 5.27. The lowest BCUT2D eigenvalue weighted by Gasteiger charge is -2.04. The molecule has 128 valence electrons. The summed E-state index contributed by atoms with van der Waals surface area (Å²) < 4.78 is 1.51. The van der Waals surface area contributed by atoms with Crippen molar-refractivity contribution in [1.29, 1.82) is 0 Å². The second-order valence-corrected chi connectivity index (χ2v) is 5.27. The number of aryl methyl sites for hydroxylation is 1. The Balaban J connectivity index is 2.69. The number of aromatic nitrogens is 1. The summed E-state index contributed by atoms with van der Waals surface area (Å²) in [5.41, 5.74) is 4.58. The molecule has 0 aliphatic rings. The van der Waals surface area contributed by atoms with Gasteiger partial charge in [-0.25, -0.2) is 0 Å². The van der Waals surface area contributed by atoms with E-state index in [-0.39, 0.29) is 28.5 Å². The molecule has 11 nitrogen and oxygen atoms in total. The molecule has 0 radical (unpaired) electrons. The molecule has 3 aromatic rings. The summed E-state index contributed by atoms with van der Waals surface area (Å²) in [6.07, 6.45) is 0. The van der Waals surface area contributed by atoms with Crippen molar-refractivity contribution in [2.24, 2.45) is 0 Å². The van der Waals surface area contributed by atoms with Crippen LogP contribution in [0.2, 0.25) is 0 Å². The van der Waals surface area contributed by atoms with Gasteiger partial charge in [0, 0.05) is 18.0 Å². The first-order chi connectivity index (χ1) is 11.8. The molecule has 0 bridgehead atoms. The molecule has 11 heteroatoms. The van der Waals surface area contributed by atoms with Crippen LogP contribution < -0.4 is 5.73 Å². The van der Waals surface area contributed by atoms with E-state index in [1.165, 1.54) is 16.7 Å². The zero-order chi connectivity index (χ0) is 18.5. The Kier molecular flexibility index (Phi) is 3.48. The van der Waals surface area contributed by atoms with Crippen LogP contribution in [0.3, 0.4) is 0 Å². The first kappa shape index (κ1) is 16.1. The number of hydrogen-bond acceptors (Lipinski definition) is 7. The minimum atomic E-state index is -0.778. The molecule has 2 aromatic carbocycles. The number of hydrogen-bond donors (Lipinski definition) is 1. The number of non-ortho nitro benzene ring substituents is 2.